The summed E-state index contributed by atoms with van der Waals surface area (Å²) in [5.74, 6) is -2.05. The number of pyridine rings is 1. The van der Waals surface area contributed by atoms with Gasteiger partial charge in [0.05, 0.1) is 10.5 Å². The Morgan fingerprint density at radius 3 is 2.60 bits per heavy atom. The second-order valence-electron chi connectivity index (χ2n) is 8.03. The van der Waals surface area contributed by atoms with Crippen LogP contribution in [0.15, 0.2) is 47.4 Å². The van der Waals surface area contributed by atoms with Crippen LogP contribution < -0.4 is 5.43 Å². The van der Waals surface area contributed by atoms with Gasteiger partial charge in [0.2, 0.25) is 5.43 Å². The molecule has 0 saturated carbocycles. The first-order valence-corrected chi connectivity index (χ1v) is 9.91. The fourth-order valence-electron chi connectivity index (χ4n) is 3.48. The lowest BCUT2D eigenvalue weighted by Gasteiger charge is -2.35. The minimum absolute atomic E-state index is 0.0172. The molecule has 0 aliphatic rings. The molecule has 0 aliphatic carbocycles. The first-order chi connectivity index (χ1) is 14.1. The lowest BCUT2D eigenvalue weighted by Crippen LogP contribution is -2.37. The van der Waals surface area contributed by atoms with Crippen molar-refractivity contribution in [3.05, 3.63) is 80.3 Å². The number of carboxylic acid groups (broad SMARTS) is 1. The Balaban J connectivity index is 2.24. The van der Waals surface area contributed by atoms with Crippen LogP contribution in [0.3, 0.4) is 0 Å². The Kier molecular flexibility index (Phi) is 6.01. The van der Waals surface area contributed by atoms with Crippen LogP contribution in [0.2, 0.25) is 5.02 Å². The highest BCUT2D eigenvalue weighted by molar-refractivity contribution is 6.30. The van der Waals surface area contributed by atoms with Gasteiger partial charge in [0.1, 0.15) is 11.4 Å². The molecule has 1 heterocycles. The van der Waals surface area contributed by atoms with Crippen LogP contribution in [0.5, 0.6) is 0 Å². The van der Waals surface area contributed by atoms with E-state index in [1.165, 1.54) is 12.3 Å². The number of hydrogen-bond donors (Lipinski definition) is 2. The summed E-state index contributed by atoms with van der Waals surface area (Å²) < 4.78 is 16.0. The zero-order valence-corrected chi connectivity index (χ0v) is 17.7. The first kappa shape index (κ1) is 22.0. The maximum Gasteiger partial charge on any atom is 0.341 e. The van der Waals surface area contributed by atoms with Crippen molar-refractivity contribution in [2.45, 2.75) is 32.7 Å². The number of benzene rings is 2. The van der Waals surface area contributed by atoms with E-state index in [1.54, 1.807) is 34.9 Å². The van der Waals surface area contributed by atoms with Crippen LogP contribution in [0.1, 0.15) is 42.3 Å². The molecule has 3 rings (SSSR count). The summed E-state index contributed by atoms with van der Waals surface area (Å²) in [6.45, 7) is 5.49. The molecule has 1 unspecified atom stereocenters. The summed E-state index contributed by atoms with van der Waals surface area (Å²) >= 11 is 5.86. The molecule has 158 valence electrons. The number of carbonyl (C=O) groups is 1. The molecule has 2 aromatic carbocycles. The predicted molar refractivity (Wildman–Crippen MR) is 115 cm³/mol. The highest BCUT2D eigenvalue weighted by atomic mass is 35.5. The highest BCUT2D eigenvalue weighted by Crippen LogP contribution is 2.30. The van der Waals surface area contributed by atoms with Crippen LogP contribution in [-0.2, 0) is 12.0 Å². The third-order valence-electron chi connectivity index (χ3n) is 5.83. The number of aromatic carboxylic acids is 1. The van der Waals surface area contributed by atoms with Gasteiger partial charge in [-0.25, -0.2) is 9.18 Å². The molecule has 0 bridgehead atoms. The van der Waals surface area contributed by atoms with E-state index in [0.29, 0.717) is 16.6 Å². The van der Waals surface area contributed by atoms with Crippen molar-refractivity contribution in [3.63, 3.8) is 0 Å². The summed E-state index contributed by atoms with van der Waals surface area (Å²) in [5, 5.41) is 19.5. The number of fused-ring (bicyclic) bond motifs is 1. The van der Waals surface area contributed by atoms with E-state index in [1.807, 2.05) is 20.8 Å². The summed E-state index contributed by atoms with van der Waals surface area (Å²) in [6, 6.07) is 9.83. The lowest BCUT2D eigenvalue weighted by molar-refractivity contribution is 0.0693. The molecule has 0 spiro atoms. The van der Waals surface area contributed by atoms with E-state index in [2.05, 4.69) is 0 Å². The van der Waals surface area contributed by atoms with E-state index in [-0.39, 0.29) is 34.9 Å². The van der Waals surface area contributed by atoms with Crippen LogP contribution in [0.25, 0.3) is 10.9 Å². The van der Waals surface area contributed by atoms with E-state index in [9.17, 15) is 24.2 Å². The van der Waals surface area contributed by atoms with Gasteiger partial charge in [-0.15, -0.1) is 0 Å². The molecule has 30 heavy (non-hydrogen) atoms. The van der Waals surface area contributed by atoms with Gasteiger partial charge in [-0.2, -0.15) is 0 Å². The van der Waals surface area contributed by atoms with Gasteiger partial charge < -0.3 is 14.8 Å². The smallest absolute Gasteiger partial charge is 0.341 e. The third kappa shape index (κ3) is 3.85. The molecule has 3 aromatic rings. The Hall–Kier alpha value is -2.70. The molecule has 1 atom stereocenters. The van der Waals surface area contributed by atoms with Crippen molar-refractivity contribution in [2.24, 2.45) is 5.92 Å². The van der Waals surface area contributed by atoms with Gasteiger partial charge in [0, 0.05) is 36.1 Å². The number of aliphatic hydroxyl groups excluding tert-OH is 1. The maximum absolute atomic E-state index is 14.3. The summed E-state index contributed by atoms with van der Waals surface area (Å²) in [5.41, 5.74) is -0.0356. The molecule has 0 amide bonds. The van der Waals surface area contributed by atoms with Crippen molar-refractivity contribution in [1.82, 2.24) is 4.57 Å². The first-order valence-electron chi connectivity index (χ1n) is 9.53. The fraction of sp³-hybridized carbons (Fsp3) is 0.304. The average molecular weight is 432 g/mol. The monoisotopic (exact) mass is 431 g/mol. The van der Waals surface area contributed by atoms with Crippen molar-refractivity contribution in [1.29, 1.82) is 0 Å². The summed E-state index contributed by atoms with van der Waals surface area (Å²) in [6.07, 6.45) is 1.53. The molecular formula is C23H23ClFNO4. The molecule has 2 N–H and O–H groups in total. The maximum atomic E-state index is 14.3. The number of aromatic nitrogens is 1. The van der Waals surface area contributed by atoms with Gasteiger partial charge in [-0.1, -0.05) is 36.7 Å². The summed E-state index contributed by atoms with van der Waals surface area (Å²) in [7, 11) is 0. The van der Waals surface area contributed by atoms with E-state index >= 15 is 0 Å². The topological polar surface area (TPSA) is 79.5 Å². The van der Waals surface area contributed by atoms with Crippen LogP contribution >= 0.6 is 11.6 Å². The third-order valence-corrected chi connectivity index (χ3v) is 6.12. The van der Waals surface area contributed by atoms with Crippen molar-refractivity contribution >= 4 is 28.5 Å². The Morgan fingerprint density at radius 1 is 1.27 bits per heavy atom. The van der Waals surface area contributed by atoms with Gasteiger partial charge in [-0.3, -0.25) is 4.79 Å². The normalized spacial score (nSPS) is 12.9. The summed E-state index contributed by atoms with van der Waals surface area (Å²) in [4.78, 5) is 24.6. The number of aliphatic hydroxyl groups is 1. The zero-order chi connectivity index (χ0) is 22.2. The van der Waals surface area contributed by atoms with Gasteiger partial charge in [0.25, 0.3) is 0 Å². The van der Waals surface area contributed by atoms with Crippen molar-refractivity contribution in [2.75, 3.05) is 6.61 Å². The minimum atomic E-state index is -1.32. The SMILES string of the molecule is CC(CO)C(C)(C)n1cc(C(=O)O)c(=O)c2cc(Cc3cccc(Cl)c3F)ccc21. The van der Waals surface area contributed by atoms with E-state index in [4.69, 9.17) is 11.6 Å². The highest BCUT2D eigenvalue weighted by Gasteiger charge is 2.30. The van der Waals surface area contributed by atoms with Crippen LogP contribution in [0, 0.1) is 11.7 Å². The van der Waals surface area contributed by atoms with Crippen molar-refractivity contribution < 1.29 is 19.4 Å². The van der Waals surface area contributed by atoms with Crippen LogP contribution in [0.4, 0.5) is 4.39 Å². The molecular weight excluding hydrogens is 409 g/mol. The molecule has 5 nitrogen and oxygen atoms in total. The molecule has 0 fully saturated rings. The Bertz CT molecular complexity index is 1190. The largest absolute Gasteiger partial charge is 0.477 e. The van der Waals surface area contributed by atoms with Gasteiger partial charge >= 0.3 is 5.97 Å². The molecule has 0 radical (unpaired) electrons. The second-order valence-corrected chi connectivity index (χ2v) is 8.43. The fourth-order valence-corrected chi connectivity index (χ4v) is 3.68. The molecule has 0 aliphatic heterocycles. The van der Waals surface area contributed by atoms with E-state index in [0.717, 1.165) is 0 Å². The minimum Gasteiger partial charge on any atom is -0.477 e. The number of carboxylic acids is 1. The van der Waals surface area contributed by atoms with Gasteiger partial charge in [0.15, 0.2) is 0 Å². The molecule has 1 aromatic heterocycles. The Labute approximate surface area is 178 Å². The van der Waals surface area contributed by atoms with Crippen molar-refractivity contribution in [3.8, 4) is 0 Å². The number of hydrogen-bond acceptors (Lipinski definition) is 3. The predicted octanol–water partition coefficient (Wildman–Crippen LogP) is 4.45. The number of halogens is 2. The van der Waals surface area contributed by atoms with Gasteiger partial charge in [-0.05, 0) is 43.2 Å². The second kappa shape index (κ2) is 8.20. The lowest BCUT2D eigenvalue weighted by atomic mass is 9.88. The number of rotatable bonds is 6. The molecule has 0 saturated heterocycles. The van der Waals surface area contributed by atoms with E-state index < -0.39 is 22.8 Å². The quantitative estimate of drug-likeness (QED) is 0.604. The standard InChI is InChI=1S/C23H23ClFNO4/c1-13(12-27)23(2,3)26-11-17(22(29)30)21(28)16-10-14(7-8-19(16)26)9-15-5-4-6-18(24)20(15)25/h4-8,10-11,13,27H,9,12H2,1-3H3,(H,29,30). The number of nitrogens with zero attached hydrogens (tertiary/aromatic N) is 1. The molecule has 7 heteroatoms. The zero-order valence-electron chi connectivity index (χ0n) is 16.9. The van der Waals surface area contributed by atoms with Crippen LogP contribution in [-0.4, -0.2) is 27.4 Å². The Morgan fingerprint density at radius 2 is 1.97 bits per heavy atom. The average Bonchev–Trinajstić information content (AvgIpc) is 2.70.